The number of hydrogen-bond donors (Lipinski definition) is 2. The Kier molecular flexibility index (Phi) is 10.5. The van der Waals surface area contributed by atoms with Crippen LogP contribution in [0.5, 0.6) is 0 Å². The normalized spacial score (nSPS) is 14.3. The second kappa shape index (κ2) is 13.5. The maximum Gasteiger partial charge on any atom is 0.321 e. The highest BCUT2D eigenvalue weighted by Crippen LogP contribution is 2.23. The van der Waals surface area contributed by atoms with Crippen LogP contribution in [-0.2, 0) is 4.79 Å². The van der Waals surface area contributed by atoms with Gasteiger partial charge in [-0.05, 0) is 80.3 Å². The molecule has 3 rings (SSSR count). The molecule has 8 heteroatoms. The summed E-state index contributed by atoms with van der Waals surface area (Å²) in [6.07, 6.45) is 6.28. The van der Waals surface area contributed by atoms with E-state index < -0.39 is 0 Å². The lowest BCUT2D eigenvalue weighted by Gasteiger charge is -2.34. The number of unbranched alkanes of at least 4 members (excludes halogenated alkanes) is 2. The lowest BCUT2D eigenvalue weighted by molar-refractivity contribution is -0.116. The molecule has 2 aromatic carbocycles. The third-order valence-electron chi connectivity index (χ3n) is 6.24. The molecule has 3 amide bonds. The van der Waals surface area contributed by atoms with Crippen molar-refractivity contribution in [1.82, 2.24) is 15.1 Å². The van der Waals surface area contributed by atoms with Gasteiger partial charge in [-0.25, -0.2) is 4.79 Å². The van der Waals surface area contributed by atoms with Crippen LogP contribution in [0.15, 0.2) is 42.5 Å². The Morgan fingerprint density at radius 3 is 2.40 bits per heavy atom. The highest BCUT2D eigenvalue weighted by atomic mass is 35.5. The number of anilines is 1. The summed E-state index contributed by atoms with van der Waals surface area (Å²) in [4.78, 5) is 28.8. The minimum atomic E-state index is -0.119. The van der Waals surface area contributed by atoms with E-state index in [1.54, 1.807) is 18.2 Å². The number of rotatable bonds is 9. The fourth-order valence-electron chi connectivity index (χ4n) is 3.89. The quantitative estimate of drug-likeness (QED) is 0.329. The van der Waals surface area contributed by atoms with Crippen molar-refractivity contribution in [3.05, 3.63) is 69.2 Å². The maximum atomic E-state index is 12.6. The Hall–Kier alpha value is -2.54. The van der Waals surface area contributed by atoms with E-state index in [1.165, 1.54) is 17.2 Å². The zero-order valence-electron chi connectivity index (χ0n) is 20.4. The summed E-state index contributed by atoms with van der Waals surface area (Å²) in [6, 6.07) is 11.2. The molecule has 1 aliphatic rings. The number of piperazine rings is 1. The number of urea groups is 1. The van der Waals surface area contributed by atoms with Crippen molar-refractivity contribution < 1.29 is 9.59 Å². The van der Waals surface area contributed by atoms with E-state index in [1.807, 2.05) is 36.1 Å². The number of hydrogen-bond acceptors (Lipinski definition) is 3. The van der Waals surface area contributed by atoms with Gasteiger partial charge in [-0.3, -0.25) is 9.69 Å². The largest absolute Gasteiger partial charge is 0.353 e. The van der Waals surface area contributed by atoms with Crippen LogP contribution in [0.3, 0.4) is 0 Å². The molecule has 188 valence electrons. The highest BCUT2D eigenvalue weighted by Gasteiger charge is 2.20. The van der Waals surface area contributed by atoms with Crippen molar-refractivity contribution in [2.45, 2.75) is 33.1 Å². The second-order valence-corrected chi connectivity index (χ2v) is 9.73. The summed E-state index contributed by atoms with van der Waals surface area (Å²) in [5, 5.41) is 6.89. The fourth-order valence-corrected chi connectivity index (χ4v) is 4.20. The number of halogens is 2. The Balaban J connectivity index is 1.25. The second-order valence-electron chi connectivity index (χ2n) is 8.92. The third-order valence-corrected chi connectivity index (χ3v) is 6.98. The molecule has 0 radical (unpaired) electrons. The Morgan fingerprint density at radius 2 is 1.69 bits per heavy atom. The Bertz CT molecular complexity index is 1050. The monoisotopic (exact) mass is 516 g/mol. The first-order valence-corrected chi connectivity index (χ1v) is 12.8. The van der Waals surface area contributed by atoms with E-state index in [0.717, 1.165) is 63.2 Å². The van der Waals surface area contributed by atoms with Gasteiger partial charge >= 0.3 is 6.03 Å². The standard InChI is InChI=1S/C27H34Cl2N4O2/c1-20-6-9-23(18-21(20)2)31-27(35)33-16-14-32(15-17-33)13-5-3-4-12-30-26(34)11-8-22-7-10-24(28)25(29)19-22/h6-11,18-19H,3-5,12-17H2,1-2H3,(H,30,34)(H,31,35)/b11-8+. The smallest absolute Gasteiger partial charge is 0.321 e. The van der Waals surface area contributed by atoms with Gasteiger partial charge in [-0.2, -0.15) is 0 Å². The topological polar surface area (TPSA) is 64.7 Å². The highest BCUT2D eigenvalue weighted by molar-refractivity contribution is 6.42. The molecule has 1 heterocycles. The molecule has 0 bridgehead atoms. The molecule has 2 N–H and O–H groups in total. The molecule has 1 saturated heterocycles. The first kappa shape index (κ1) is 27.1. The van der Waals surface area contributed by atoms with E-state index in [9.17, 15) is 9.59 Å². The van der Waals surface area contributed by atoms with Gasteiger partial charge in [0.25, 0.3) is 0 Å². The van der Waals surface area contributed by atoms with Gasteiger partial charge in [0.15, 0.2) is 0 Å². The number of amides is 3. The van der Waals surface area contributed by atoms with Crippen LogP contribution < -0.4 is 10.6 Å². The van der Waals surface area contributed by atoms with Crippen LogP contribution in [0.1, 0.15) is 36.0 Å². The van der Waals surface area contributed by atoms with Gasteiger partial charge in [0.2, 0.25) is 5.91 Å². The molecule has 1 aliphatic heterocycles. The SMILES string of the molecule is Cc1ccc(NC(=O)N2CCN(CCCCCNC(=O)/C=C/c3ccc(Cl)c(Cl)c3)CC2)cc1C. The lowest BCUT2D eigenvalue weighted by atomic mass is 10.1. The van der Waals surface area contributed by atoms with Gasteiger partial charge in [0.1, 0.15) is 0 Å². The number of aryl methyl sites for hydroxylation is 2. The van der Waals surface area contributed by atoms with E-state index in [2.05, 4.69) is 22.5 Å². The molecule has 0 unspecified atom stereocenters. The van der Waals surface area contributed by atoms with E-state index in [-0.39, 0.29) is 11.9 Å². The number of carbonyl (C=O) groups excluding carboxylic acids is 2. The van der Waals surface area contributed by atoms with Gasteiger partial charge in [0.05, 0.1) is 10.0 Å². The summed E-state index contributed by atoms with van der Waals surface area (Å²) in [5.41, 5.74) is 4.07. The molecule has 0 atom stereocenters. The zero-order chi connectivity index (χ0) is 25.2. The van der Waals surface area contributed by atoms with Crippen LogP contribution in [0.4, 0.5) is 10.5 Å². The van der Waals surface area contributed by atoms with Gasteiger partial charge in [0, 0.05) is 44.5 Å². The van der Waals surface area contributed by atoms with Crippen molar-refractivity contribution in [3.8, 4) is 0 Å². The predicted octanol–water partition coefficient (Wildman–Crippen LogP) is 5.76. The van der Waals surface area contributed by atoms with Crippen molar-refractivity contribution in [3.63, 3.8) is 0 Å². The van der Waals surface area contributed by atoms with E-state index in [4.69, 9.17) is 23.2 Å². The van der Waals surface area contributed by atoms with Crippen molar-refractivity contribution in [2.24, 2.45) is 0 Å². The van der Waals surface area contributed by atoms with Gasteiger partial charge in [-0.1, -0.05) is 41.8 Å². The number of benzene rings is 2. The van der Waals surface area contributed by atoms with Crippen LogP contribution >= 0.6 is 23.2 Å². The molecule has 0 aromatic heterocycles. The first-order valence-electron chi connectivity index (χ1n) is 12.1. The average molecular weight is 518 g/mol. The summed E-state index contributed by atoms with van der Waals surface area (Å²) < 4.78 is 0. The van der Waals surface area contributed by atoms with Crippen LogP contribution in [-0.4, -0.2) is 61.0 Å². The summed E-state index contributed by atoms with van der Waals surface area (Å²) in [6.45, 7) is 9.01. The maximum absolute atomic E-state index is 12.6. The summed E-state index contributed by atoms with van der Waals surface area (Å²) in [5.74, 6) is -0.119. The molecule has 0 saturated carbocycles. The van der Waals surface area contributed by atoms with Crippen LogP contribution in [0.2, 0.25) is 10.0 Å². The summed E-state index contributed by atoms with van der Waals surface area (Å²) >= 11 is 11.9. The van der Waals surface area contributed by atoms with Gasteiger partial charge in [-0.15, -0.1) is 0 Å². The van der Waals surface area contributed by atoms with Crippen molar-refractivity contribution >= 4 is 46.9 Å². The summed E-state index contributed by atoms with van der Waals surface area (Å²) in [7, 11) is 0. The molecule has 2 aromatic rings. The van der Waals surface area contributed by atoms with E-state index >= 15 is 0 Å². The fraction of sp³-hybridized carbons (Fsp3) is 0.407. The number of nitrogens with zero attached hydrogens (tertiary/aromatic N) is 2. The van der Waals surface area contributed by atoms with Crippen molar-refractivity contribution in [2.75, 3.05) is 44.6 Å². The van der Waals surface area contributed by atoms with Crippen molar-refractivity contribution in [1.29, 1.82) is 0 Å². The molecule has 0 spiro atoms. The lowest BCUT2D eigenvalue weighted by Crippen LogP contribution is -2.50. The number of nitrogens with one attached hydrogen (secondary N) is 2. The van der Waals surface area contributed by atoms with Gasteiger partial charge < -0.3 is 15.5 Å². The number of carbonyl (C=O) groups is 2. The molecular formula is C27H34Cl2N4O2. The first-order chi connectivity index (χ1) is 16.8. The molecule has 1 fully saturated rings. The average Bonchev–Trinajstić information content (AvgIpc) is 2.84. The molecule has 0 aliphatic carbocycles. The van der Waals surface area contributed by atoms with Crippen LogP contribution in [0.25, 0.3) is 6.08 Å². The third kappa shape index (κ3) is 8.88. The minimum absolute atomic E-state index is 0.0307. The molecule has 6 nitrogen and oxygen atoms in total. The van der Waals surface area contributed by atoms with E-state index in [0.29, 0.717) is 16.6 Å². The molecular weight excluding hydrogens is 483 g/mol. The Labute approximate surface area is 218 Å². The Morgan fingerprint density at radius 1 is 0.914 bits per heavy atom. The minimum Gasteiger partial charge on any atom is -0.353 e. The predicted molar refractivity (Wildman–Crippen MR) is 145 cm³/mol. The zero-order valence-corrected chi connectivity index (χ0v) is 22.0. The van der Waals surface area contributed by atoms with Crippen LogP contribution in [0, 0.1) is 13.8 Å². The molecule has 35 heavy (non-hydrogen) atoms.